The fourth-order valence-electron chi connectivity index (χ4n) is 6.18. The molecule has 0 fully saturated rings. The summed E-state index contributed by atoms with van der Waals surface area (Å²) >= 11 is 0. The standard InChI is InChI=1S/C43H31N3/c1-4-14-34(15-5-1)42-31-43(35-16-6-2-7-17-35)46(44-42)39-29-27-38(28-30-39)45(36-19-8-3-9-20-36)37-25-23-33(24-26-37)41-22-12-18-32-13-10-11-21-40(32)41/h1-31H. The zero-order valence-electron chi connectivity index (χ0n) is 25.2. The number of fused-ring (bicyclic) bond motifs is 1. The summed E-state index contributed by atoms with van der Waals surface area (Å²) in [5.74, 6) is 0. The zero-order valence-corrected chi connectivity index (χ0v) is 25.2. The molecule has 0 unspecified atom stereocenters. The number of aromatic nitrogens is 2. The van der Waals surface area contributed by atoms with Gasteiger partial charge in [-0.2, -0.15) is 5.10 Å². The van der Waals surface area contributed by atoms with Crippen LogP contribution in [0.4, 0.5) is 17.1 Å². The topological polar surface area (TPSA) is 21.1 Å². The van der Waals surface area contributed by atoms with E-state index in [1.165, 1.54) is 21.9 Å². The molecule has 0 atom stereocenters. The highest BCUT2D eigenvalue weighted by Gasteiger charge is 2.16. The Morgan fingerprint density at radius 2 is 0.957 bits per heavy atom. The summed E-state index contributed by atoms with van der Waals surface area (Å²) in [7, 11) is 0. The van der Waals surface area contributed by atoms with Gasteiger partial charge in [-0.05, 0) is 76.5 Å². The molecule has 1 aromatic heterocycles. The van der Waals surface area contributed by atoms with Crippen molar-refractivity contribution in [3.05, 3.63) is 188 Å². The number of anilines is 3. The molecule has 3 nitrogen and oxygen atoms in total. The van der Waals surface area contributed by atoms with Gasteiger partial charge in [-0.15, -0.1) is 0 Å². The summed E-state index contributed by atoms with van der Waals surface area (Å²) in [5.41, 5.74) is 10.9. The van der Waals surface area contributed by atoms with Crippen LogP contribution in [0.5, 0.6) is 0 Å². The number of hydrogen-bond acceptors (Lipinski definition) is 2. The molecule has 0 aliphatic heterocycles. The zero-order chi connectivity index (χ0) is 30.7. The van der Waals surface area contributed by atoms with E-state index in [-0.39, 0.29) is 0 Å². The third-order valence-electron chi connectivity index (χ3n) is 8.44. The Kier molecular flexibility index (Phi) is 7.18. The quantitative estimate of drug-likeness (QED) is 0.184. The minimum absolute atomic E-state index is 0.945. The van der Waals surface area contributed by atoms with Gasteiger partial charge in [-0.3, -0.25) is 0 Å². The predicted octanol–water partition coefficient (Wildman–Crippen LogP) is 11.5. The van der Waals surface area contributed by atoms with E-state index in [1.54, 1.807) is 0 Å². The van der Waals surface area contributed by atoms with Crippen LogP contribution in [0.3, 0.4) is 0 Å². The molecule has 7 aromatic carbocycles. The molecule has 1 heterocycles. The molecule has 3 heteroatoms. The molecule has 0 N–H and O–H groups in total. The van der Waals surface area contributed by atoms with Crippen molar-refractivity contribution in [2.75, 3.05) is 4.90 Å². The number of benzene rings is 7. The van der Waals surface area contributed by atoms with E-state index in [0.717, 1.165) is 45.3 Å². The lowest BCUT2D eigenvalue weighted by Gasteiger charge is -2.26. The number of nitrogens with zero attached hydrogens (tertiary/aromatic N) is 3. The Bertz CT molecular complexity index is 2210. The molecule has 0 aliphatic rings. The predicted molar refractivity (Wildman–Crippen MR) is 192 cm³/mol. The van der Waals surface area contributed by atoms with E-state index in [4.69, 9.17) is 5.10 Å². The number of rotatable bonds is 7. The Hall–Kier alpha value is -6.19. The Balaban J connectivity index is 1.18. The lowest BCUT2D eigenvalue weighted by molar-refractivity contribution is 0.892. The summed E-state index contributed by atoms with van der Waals surface area (Å²) in [6, 6.07) is 66.1. The summed E-state index contributed by atoms with van der Waals surface area (Å²) in [6.07, 6.45) is 0. The van der Waals surface area contributed by atoms with Crippen LogP contribution in [0.25, 0.3) is 50.1 Å². The molecule has 0 aliphatic carbocycles. The molecular weight excluding hydrogens is 558 g/mol. The molecule has 0 amide bonds. The lowest BCUT2D eigenvalue weighted by atomic mass is 9.98. The average Bonchev–Trinajstić information content (AvgIpc) is 3.59. The van der Waals surface area contributed by atoms with Gasteiger partial charge in [0.2, 0.25) is 0 Å². The van der Waals surface area contributed by atoms with Gasteiger partial charge in [0.05, 0.1) is 17.1 Å². The second-order valence-electron chi connectivity index (χ2n) is 11.3. The van der Waals surface area contributed by atoms with Crippen LogP contribution in [-0.4, -0.2) is 9.78 Å². The normalized spacial score (nSPS) is 11.0. The van der Waals surface area contributed by atoms with Gasteiger partial charge in [-0.1, -0.05) is 133 Å². The van der Waals surface area contributed by atoms with Crippen LogP contribution < -0.4 is 4.90 Å². The minimum atomic E-state index is 0.945. The number of para-hydroxylation sites is 1. The van der Waals surface area contributed by atoms with Crippen LogP contribution in [0.1, 0.15) is 0 Å². The van der Waals surface area contributed by atoms with Crippen LogP contribution in [0.2, 0.25) is 0 Å². The van der Waals surface area contributed by atoms with Gasteiger partial charge < -0.3 is 4.90 Å². The second kappa shape index (κ2) is 12.1. The first-order valence-electron chi connectivity index (χ1n) is 15.6. The largest absolute Gasteiger partial charge is 0.311 e. The van der Waals surface area contributed by atoms with Gasteiger partial charge in [0.15, 0.2) is 0 Å². The van der Waals surface area contributed by atoms with Crippen LogP contribution in [0, 0.1) is 0 Å². The maximum atomic E-state index is 5.08. The highest BCUT2D eigenvalue weighted by atomic mass is 15.3. The maximum Gasteiger partial charge on any atom is 0.0934 e. The van der Waals surface area contributed by atoms with Crippen molar-refractivity contribution in [3.63, 3.8) is 0 Å². The number of hydrogen-bond donors (Lipinski definition) is 0. The van der Waals surface area contributed by atoms with Gasteiger partial charge in [0.1, 0.15) is 0 Å². The molecule has 0 saturated carbocycles. The van der Waals surface area contributed by atoms with Crippen LogP contribution >= 0.6 is 0 Å². The summed E-state index contributed by atoms with van der Waals surface area (Å²) in [4.78, 5) is 2.30. The fraction of sp³-hybridized carbons (Fsp3) is 0. The van der Waals surface area contributed by atoms with Gasteiger partial charge in [0.25, 0.3) is 0 Å². The Morgan fingerprint density at radius 3 is 1.65 bits per heavy atom. The first-order chi connectivity index (χ1) is 22.8. The smallest absolute Gasteiger partial charge is 0.0934 e. The van der Waals surface area contributed by atoms with E-state index in [9.17, 15) is 0 Å². The second-order valence-corrected chi connectivity index (χ2v) is 11.3. The van der Waals surface area contributed by atoms with E-state index < -0.39 is 0 Å². The van der Waals surface area contributed by atoms with Gasteiger partial charge in [-0.25, -0.2) is 4.68 Å². The van der Waals surface area contributed by atoms with Crippen LogP contribution in [-0.2, 0) is 0 Å². The van der Waals surface area contributed by atoms with E-state index >= 15 is 0 Å². The molecule has 0 radical (unpaired) electrons. The van der Waals surface area contributed by atoms with Crippen molar-refractivity contribution >= 4 is 27.8 Å². The van der Waals surface area contributed by atoms with E-state index in [0.29, 0.717) is 0 Å². The first-order valence-corrected chi connectivity index (χ1v) is 15.6. The molecule has 0 bridgehead atoms. The lowest BCUT2D eigenvalue weighted by Crippen LogP contribution is -2.10. The fourth-order valence-corrected chi connectivity index (χ4v) is 6.18. The molecule has 46 heavy (non-hydrogen) atoms. The van der Waals surface area contributed by atoms with Crippen molar-refractivity contribution < 1.29 is 0 Å². The summed E-state index contributed by atoms with van der Waals surface area (Å²) in [5, 5.41) is 7.59. The SMILES string of the molecule is c1ccc(-c2cc(-c3ccccc3)n(-c3ccc(N(c4ccccc4)c4ccc(-c5cccc6ccccc56)cc4)cc3)n2)cc1. The van der Waals surface area contributed by atoms with Crippen molar-refractivity contribution in [3.8, 4) is 39.3 Å². The van der Waals surface area contributed by atoms with Gasteiger partial charge >= 0.3 is 0 Å². The molecule has 8 rings (SSSR count). The highest BCUT2D eigenvalue weighted by molar-refractivity contribution is 5.97. The molecule has 0 spiro atoms. The average molecular weight is 590 g/mol. The van der Waals surface area contributed by atoms with E-state index in [1.807, 2.05) is 16.8 Å². The third-order valence-corrected chi connectivity index (χ3v) is 8.44. The Labute approximate surface area is 269 Å². The molecule has 0 saturated heterocycles. The third kappa shape index (κ3) is 5.25. The van der Waals surface area contributed by atoms with Crippen LogP contribution in [0.15, 0.2) is 188 Å². The molecule has 8 aromatic rings. The summed E-state index contributed by atoms with van der Waals surface area (Å²) < 4.78 is 2.05. The van der Waals surface area contributed by atoms with Crippen molar-refractivity contribution in [2.24, 2.45) is 0 Å². The summed E-state index contributed by atoms with van der Waals surface area (Å²) in [6.45, 7) is 0. The van der Waals surface area contributed by atoms with Gasteiger partial charge in [0, 0.05) is 28.2 Å². The monoisotopic (exact) mass is 589 g/mol. The molecular formula is C43H31N3. The first kappa shape index (κ1) is 27.4. The minimum Gasteiger partial charge on any atom is -0.311 e. The van der Waals surface area contributed by atoms with Crippen molar-refractivity contribution in [1.82, 2.24) is 9.78 Å². The van der Waals surface area contributed by atoms with E-state index in [2.05, 4.69) is 181 Å². The van der Waals surface area contributed by atoms with Crippen molar-refractivity contribution in [2.45, 2.75) is 0 Å². The Morgan fingerprint density at radius 1 is 0.413 bits per heavy atom. The highest BCUT2D eigenvalue weighted by Crippen LogP contribution is 2.37. The maximum absolute atomic E-state index is 5.08. The van der Waals surface area contributed by atoms with Crippen molar-refractivity contribution in [1.29, 1.82) is 0 Å². The molecule has 218 valence electrons.